The van der Waals surface area contributed by atoms with Crippen LogP contribution in [-0.4, -0.2) is 74.5 Å². The summed E-state index contributed by atoms with van der Waals surface area (Å²) in [5.74, 6) is -5.19. The fourth-order valence-electron chi connectivity index (χ4n) is 5.99. The molecular formula is C28H33FN2O8S. The highest BCUT2D eigenvalue weighted by molar-refractivity contribution is 7.08. The average molecular weight is 577 g/mol. The normalized spacial score (nSPS) is 22.5. The Morgan fingerprint density at radius 2 is 1.73 bits per heavy atom. The van der Waals surface area contributed by atoms with Gasteiger partial charge in [-0.15, -0.1) is 0 Å². The van der Waals surface area contributed by atoms with Crippen LogP contribution in [0.15, 0.2) is 35.0 Å². The van der Waals surface area contributed by atoms with Gasteiger partial charge in [-0.05, 0) is 92.4 Å². The summed E-state index contributed by atoms with van der Waals surface area (Å²) in [6.45, 7) is 0.712. The first-order valence-electron chi connectivity index (χ1n) is 12.9. The van der Waals surface area contributed by atoms with Gasteiger partial charge in [0.05, 0.1) is 25.1 Å². The van der Waals surface area contributed by atoms with E-state index in [-0.39, 0.29) is 17.0 Å². The SMILES string of the molecule is CN(C)C1(c2ccsc2)CCC2(CC1)OCCc1c2[nH]c2ccc(F)cc12.O=C(O)CC(O)(CC(=O)O)C(=O)O. The van der Waals surface area contributed by atoms with Crippen molar-refractivity contribution in [1.29, 1.82) is 0 Å². The number of carboxylic acid groups (broad SMARTS) is 3. The number of hydrogen-bond acceptors (Lipinski definition) is 7. The zero-order valence-electron chi connectivity index (χ0n) is 22.3. The monoisotopic (exact) mass is 576 g/mol. The molecule has 3 heterocycles. The van der Waals surface area contributed by atoms with Crippen LogP contribution < -0.4 is 0 Å². The van der Waals surface area contributed by atoms with E-state index in [4.69, 9.17) is 25.2 Å². The molecule has 1 spiro atoms. The Morgan fingerprint density at radius 1 is 1.07 bits per heavy atom. The third-order valence-corrected chi connectivity index (χ3v) is 8.82. The van der Waals surface area contributed by atoms with Gasteiger partial charge in [-0.2, -0.15) is 11.3 Å². The predicted molar refractivity (Wildman–Crippen MR) is 145 cm³/mol. The maximum atomic E-state index is 13.8. The van der Waals surface area contributed by atoms with Gasteiger partial charge in [0.1, 0.15) is 11.4 Å². The number of benzene rings is 1. The summed E-state index contributed by atoms with van der Waals surface area (Å²) >= 11 is 1.77. The van der Waals surface area contributed by atoms with Crippen LogP contribution in [0.3, 0.4) is 0 Å². The second-order valence-electron chi connectivity index (χ2n) is 10.7. The summed E-state index contributed by atoms with van der Waals surface area (Å²) in [7, 11) is 4.38. The van der Waals surface area contributed by atoms with Crippen LogP contribution in [-0.2, 0) is 36.7 Å². The molecule has 1 aliphatic carbocycles. The molecule has 0 bridgehead atoms. The number of aliphatic carboxylic acids is 3. The van der Waals surface area contributed by atoms with Crippen LogP contribution >= 0.6 is 11.3 Å². The maximum absolute atomic E-state index is 13.8. The lowest BCUT2D eigenvalue weighted by molar-refractivity contribution is -0.170. The Balaban J connectivity index is 0.000000243. The molecule has 5 rings (SSSR count). The van der Waals surface area contributed by atoms with Gasteiger partial charge in [-0.25, -0.2) is 9.18 Å². The number of aromatic amines is 1. The molecule has 2 aliphatic rings. The highest BCUT2D eigenvalue weighted by atomic mass is 32.1. The molecule has 0 radical (unpaired) electrons. The van der Waals surface area contributed by atoms with Crippen LogP contribution in [0, 0.1) is 5.82 Å². The molecule has 1 aromatic carbocycles. The lowest BCUT2D eigenvalue weighted by atomic mass is 9.68. The van der Waals surface area contributed by atoms with Crippen molar-refractivity contribution in [3.8, 4) is 0 Å². The maximum Gasteiger partial charge on any atom is 0.336 e. The molecule has 1 fully saturated rings. The van der Waals surface area contributed by atoms with Gasteiger partial charge in [-0.3, -0.25) is 14.5 Å². The molecule has 12 heteroatoms. The first-order valence-corrected chi connectivity index (χ1v) is 13.8. The van der Waals surface area contributed by atoms with Gasteiger partial charge >= 0.3 is 17.9 Å². The number of carboxylic acids is 3. The number of carbonyl (C=O) groups is 3. The van der Waals surface area contributed by atoms with Crippen LogP contribution in [0.1, 0.15) is 55.3 Å². The van der Waals surface area contributed by atoms with Crippen LogP contribution in [0.5, 0.6) is 0 Å². The lowest BCUT2D eigenvalue weighted by Crippen LogP contribution is -2.49. The van der Waals surface area contributed by atoms with Crippen LogP contribution in [0.25, 0.3) is 10.9 Å². The summed E-state index contributed by atoms with van der Waals surface area (Å²) in [5, 5.41) is 39.3. The topological polar surface area (TPSA) is 160 Å². The number of aromatic nitrogens is 1. The Kier molecular flexibility index (Phi) is 8.36. The van der Waals surface area contributed by atoms with Gasteiger partial charge in [0, 0.05) is 16.4 Å². The number of ether oxygens (including phenoxy) is 1. The fourth-order valence-corrected chi connectivity index (χ4v) is 6.74. The minimum atomic E-state index is -2.74. The van der Waals surface area contributed by atoms with Gasteiger partial charge in [0.25, 0.3) is 0 Å². The third-order valence-electron chi connectivity index (χ3n) is 8.14. The Hall–Kier alpha value is -3.32. The van der Waals surface area contributed by atoms with Crippen molar-refractivity contribution in [2.24, 2.45) is 0 Å². The molecule has 2 aromatic heterocycles. The highest BCUT2D eigenvalue weighted by Crippen LogP contribution is 2.52. The van der Waals surface area contributed by atoms with Gasteiger partial charge in [-0.1, -0.05) is 0 Å². The van der Waals surface area contributed by atoms with Crippen molar-refractivity contribution in [1.82, 2.24) is 9.88 Å². The summed E-state index contributed by atoms with van der Waals surface area (Å²) in [4.78, 5) is 36.5. The van der Waals surface area contributed by atoms with E-state index >= 15 is 0 Å². The average Bonchev–Trinajstić information content (AvgIpc) is 3.53. The number of nitrogens with one attached hydrogen (secondary N) is 1. The second kappa shape index (κ2) is 11.3. The number of H-pyrrole nitrogens is 1. The van der Waals surface area contributed by atoms with Crippen LogP contribution in [0.4, 0.5) is 4.39 Å². The second-order valence-corrected chi connectivity index (χ2v) is 11.5. The van der Waals surface area contributed by atoms with E-state index in [0.717, 1.165) is 43.0 Å². The molecule has 0 unspecified atom stereocenters. The third kappa shape index (κ3) is 5.62. The van der Waals surface area contributed by atoms with E-state index in [0.29, 0.717) is 6.61 Å². The van der Waals surface area contributed by atoms with E-state index in [1.807, 2.05) is 6.07 Å². The van der Waals surface area contributed by atoms with Gasteiger partial charge < -0.3 is 30.1 Å². The van der Waals surface area contributed by atoms with E-state index in [9.17, 15) is 18.8 Å². The molecular weight excluding hydrogens is 543 g/mol. The fraction of sp³-hybridized carbons (Fsp3) is 0.464. The summed E-state index contributed by atoms with van der Waals surface area (Å²) in [6, 6.07) is 7.32. The van der Waals surface area contributed by atoms with E-state index in [2.05, 4.69) is 40.8 Å². The number of rotatable bonds is 7. The molecule has 40 heavy (non-hydrogen) atoms. The lowest BCUT2D eigenvalue weighted by Gasteiger charge is -2.50. The van der Waals surface area contributed by atoms with Crippen molar-refractivity contribution >= 4 is 40.1 Å². The number of aliphatic hydroxyl groups is 1. The number of hydrogen-bond donors (Lipinski definition) is 5. The quantitative estimate of drug-likeness (QED) is 0.281. The summed E-state index contributed by atoms with van der Waals surface area (Å²) in [6.07, 6.45) is 2.62. The van der Waals surface area contributed by atoms with Crippen LogP contribution in [0.2, 0.25) is 0 Å². The smallest absolute Gasteiger partial charge is 0.336 e. The minimum absolute atomic E-state index is 0.0738. The minimum Gasteiger partial charge on any atom is -0.481 e. The molecule has 1 aliphatic heterocycles. The van der Waals surface area contributed by atoms with E-state index in [1.54, 1.807) is 17.4 Å². The standard InChI is InChI=1S/C22H25FN2OS.C6H8O7/c1-25(2)21(15-6-12-27-14-15)7-9-22(10-8-21)20-17(5-11-26-22)18-13-16(23)3-4-19(18)24-20;7-3(8)1-6(13,5(11)12)2-4(9)10/h3-4,6,12-14,24H,5,7-11H2,1-2H3;13H,1-2H2,(H,7,8)(H,9,10)(H,11,12). The highest BCUT2D eigenvalue weighted by Gasteiger charge is 2.49. The molecule has 216 valence electrons. The Bertz CT molecular complexity index is 1380. The molecule has 5 N–H and O–H groups in total. The van der Waals surface area contributed by atoms with Crippen molar-refractivity contribution in [2.45, 2.75) is 61.7 Å². The predicted octanol–water partition coefficient (Wildman–Crippen LogP) is 3.92. The molecule has 0 atom stereocenters. The van der Waals surface area contributed by atoms with Crippen molar-refractivity contribution in [3.05, 3.63) is 57.7 Å². The van der Waals surface area contributed by atoms with Crippen molar-refractivity contribution in [3.63, 3.8) is 0 Å². The van der Waals surface area contributed by atoms with E-state index < -0.39 is 36.4 Å². The Labute approximate surface area is 234 Å². The summed E-state index contributed by atoms with van der Waals surface area (Å²) < 4.78 is 20.3. The summed E-state index contributed by atoms with van der Waals surface area (Å²) in [5.41, 5.74) is 1.95. The van der Waals surface area contributed by atoms with E-state index in [1.165, 1.54) is 22.9 Å². The Morgan fingerprint density at radius 3 is 2.25 bits per heavy atom. The van der Waals surface area contributed by atoms with Crippen molar-refractivity contribution < 1.29 is 43.9 Å². The van der Waals surface area contributed by atoms with Gasteiger partial charge in [0.2, 0.25) is 0 Å². The zero-order valence-corrected chi connectivity index (χ0v) is 23.1. The number of thiophene rings is 1. The molecule has 0 saturated heterocycles. The molecule has 0 amide bonds. The number of nitrogens with zero attached hydrogens (tertiary/aromatic N) is 1. The van der Waals surface area contributed by atoms with Gasteiger partial charge in [0.15, 0.2) is 5.60 Å². The molecule has 3 aromatic rings. The first-order chi connectivity index (χ1) is 18.8. The first kappa shape index (κ1) is 29.7. The zero-order chi connectivity index (χ0) is 29.3. The molecule has 1 saturated carbocycles. The number of fused-ring (bicyclic) bond motifs is 4. The molecule has 10 nitrogen and oxygen atoms in total. The largest absolute Gasteiger partial charge is 0.481 e. The van der Waals surface area contributed by atoms with Crippen molar-refractivity contribution in [2.75, 3.05) is 20.7 Å². The number of halogens is 1.